The van der Waals surface area contributed by atoms with Gasteiger partial charge in [-0.1, -0.05) is 18.2 Å². The summed E-state index contributed by atoms with van der Waals surface area (Å²) in [6.45, 7) is 1.00. The van der Waals surface area contributed by atoms with Crippen molar-refractivity contribution in [1.29, 1.82) is 0 Å². The Morgan fingerprint density at radius 1 is 1.05 bits per heavy atom. The molecule has 0 aliphatic carbocycles. The van der Waals surface area contributed by atoms with E-state index < -0.39 is 0 Å². The quantitative estimate of drug-likeness (QED) is 0.738. The first kappa shape index (κ1) is 13.0. The number of hydrogen-bond acceptors (Lipinski definition) is 3. The fourth-order valence-electron chi connectivity index (χ4n) is 3.06. The maximum absolute atomic E-state index is 12.1. The molecule has 4 nitrogen and oxygen atoms in total. The molecular formula is C18H14N2O2. The highest BCUT2D eigenvalue weighted by molar-refractivity contribution is 5.98. The Labute approximate surface area is 127 Å². The summed E-state index contributed by atoms with van der Waals surface area (Å²) in [5, 5.41) is 4.21. The van der Waals surface area contributed by atoms with Crippen molar-refractivity contribution in [1.82, 2.24) is 9.88 Å². The van der Waals surface area contributed by atoms with Crippen LogP contribution in [0.1, 0.15) is 20.7 Å². The molecule has 2 heterocycles. The average molecular weight is 290 g/mol. The molecule has 0 unspecified atom stereocenters. The molecule has 22 heavy (non-hydrogen) atoms. The van der Waals surface area contributed by atoms with Crippen LogP contribution in [0.15, 0.2) is 48.7 Å². The third-order valence-corrected chi connectivity index (χ3v) is 4.08. The van der Waals surface area contributed by atoms with E-state index in [0.717, 1.165) is 33.9 Å². The van der Waals surface area contributed by atoms with Crippen LogP contribution in [0.3, 0.4) is 0 Å². The van der Waals surface area contributed by atoms with Gasteiger partial charge in [0, 0.05) is 23.7 Å². The number of nitrogens with one attached hydrogen (secondary N) is 1. The summed E-state index contributed by atoms with van der Waals surface area (Å²) in [6.07, 6.45) is 2.68. The van der Waals surface area contributed by atoms with E-state index in [2.05, 4.69) is 17.4 Å². The van der Waals surface area contributed by atoms with Crippen molar-refractivity contribution in [2.24, 2.45) is 0 Å². The van der Waals surface area contributed by atoms with Gasteiger partial charge in [-0.3, -0.25) is 14.2 Å². The Kier molecular flexibility index (Phi) is 2.91. The summed E-state index contributed by atoms with van der Waals surface area (Å²) < 4.78 is 1.72. The Morgan fingerprint density at radius 3 is 2.82 bits per heavy atom. The molecule has 1 N–H and O–H groups in total. The van der Waals surface area contributed by atoms with Gasteiger partial charge in [-0.15, -0.1) is 0 Å². The summed E-state index contributed by atoms with van der Waals surface area (Å²) in [5.74, 6) is 0.0597. The van der Waals surface area contributed by atoms with Gasteiger partial charge in [-0.2, -0.15) is 0 Å². The zero-order valence-corrected chi connectivity index (χ0v) is 11.9. The van der Waals surface area contributed by atoms with Gasteiger partial charge in [0.1, 0.15) is 6.29 Å². The Bertz CT molecular complexity index is 909. The van der Waals surface area contributed by atoms with Crippen molar-refractivity contribution in [2.75, 3.05) is 6.54 Å². The molecule has 0 fully saturated rings. The maximum atomic E-state index is 12.1. The molecule has 4 rings (SSSR count). The second-order valence-corrected chi connectivity index (χ2v) is 5.50. The summed E-state index contributed by atoms with van der Waals surface area (Å²) in [7, 11) is 0. The van der Waals surface area contributed by atoms with Crippen LogP contribution in [0, 0.1) is 0 Å². The lowest BCUT2D eigenvalue weighted by atomic mass is 9.99. The molecule has 0 bridgehead atoms. The molecule has 4 heteroatoms. The van der Waals surface area contributed by atoms with Gasteiger partial charge in [0.25, 0.3) is 0 Å². The normalized spacial score (nSPS) is 14.1. The molecule has 0 saturated heterocycles. The largest absolute Gasteiger partial charge is 0.304 e. The SMILES string of the molecule is O=Cc1cccc(-c2cc3c4c(ccn4C(=O)CNC3)c2)c1. The molecule has 1 aliphatic heterocycles. The highest BCUT2D eigenvalue weighted by Crippen LogP contribution is 2.30. The van der Waals surface area contributed by atoms with Crippen molar-refractivity contribution in [3.63, 3.8) is 0 Å². The van der Waals surface area contributed by atoms with Crippen molar-refractivity contribution >= 4 is 23.1 Å². The van der Waals surface area contributed by atoms with Crippen molar-refractivity contribution < 1.29 is 9.59 Å². The van der Waals surface area contributed by atoms with Gasteiger partial charge in [0.05, 0.1) is 12.1 Å². The van der Waals surface area contributed by atoms with E-state index in [1.807, 2.05) is 30.5 Å². The smallest absolute Gasteiger partial charge is 0.245 e. The number of aromatic nitrogens is 1. The predicted molar refractivity (Wildman–Crippen MR) is 85.1 cm³/mol. The lowest BCUT2D eigenvalue weighted by molar-refractivity contribution is 0.0919. The van der Waals surface area contributed by atoms with E-state index >= 15 is 0 Å². The summed E-state index contributed by atoms with van der Waals surface area (Å²) in [4.78, 5) is 23.0. The van der Waals surface area contributed by atoms with E-state index in [1.165, 1.54) is 0 Å². The molecule has 3 aromatic rings. The van der Waals surface area contributed by atoms with E-state index in [9.17, 15) is 9.59 Å². The van der Waals surface area contributed by atoms with Crippen LogP contribution >= 0.6 is 0 Å². The first-order valence-electron chi connectivity index (χ1n) is 7.20. The highest BCUT2D eigenvalue weighted by atomic mass is 16.2. The molecule has 0 saturated carbocycles. The molecular weight excluding hydrogens is 276 g/mol. The Morgan fingerprint density at radius 2 is 1.95 bits per heavy atom. The lowest BCUT2D eigenvalue weighted by Crippen LogP contribution is -2.23. The third-order valence-electron chi connectivity index (χ3n) is 4.08. The van der Waals surface area contributed by atoms with E-state index in [1.54, 1.807) is 10.6 Å². The molecule has 0 amide bonds. The minimum atomic E-state index is 0.0597. The van der Waals surface area contributed by atoms with E-state index in [4.69, 9.17) is 0 Å². The maximum Gasteiger partial charge on any atom is 0.245 e. The van der Waals surface area contributed by atoms with Crippen LogP contribution in [0.25, 0.3) is 22.0 Å². The second-order valence-electron chi connectivity index (χ2n) is 5.50. The third kappa shape index (κ3) is 1.96. The van der Waals surface area contributed by atoms with Crippen molar-refractivity contribution in [3.05, 3.63) is 59.8 Å². The van der Waals surface area contributed by atoms with Gasteiger partial charge in [-0.25, -0.2) is 0 Å². The summed E-state index contributed by atoms with van der Waals surface area (Å²) >= 11 is 0. The van der Waals surface area contributed by atoms with E-state index in [-0.39, 0.29) is 5.91 Å². The molecule has 0 radical (unpaired) electrons. The fraction of sp³-hybridized carbons (Fsp3) is 0.111. The Balaban J connectivity index is 1.94. The van der Waals surface area contributed by atoms with Crippen molar-refractivity contribution in [2.45, 2.75) is 6.54 Å². The zero-order chi connectivity index (χ0) is 15.1. The second kappa shape index (κ2) is 4.93. The number of aldehydes is 1. The number of hydrogen-bond donors (Lipinski definition) is 1. The minimum absolute atomic E-state index is 0.0597. The van der Waals surface area contributed by atoms with Gasteiger partial charge in [-0.05, 0) is 41.0 Å². The number of benzene rings is 2. The van der Waals surface area contributed by atoms with Gasteiger partial charge in [0.2, 0.25) is 5.91 Å². The van der Waals surface area contributed by atoms with Crippen LogP contribution in [0.4, 0.5) is 0 Å². The Hall–Kier alpha value is -2.72. The fourth-order valence-corrected chi connectivity index (χ4v) is 3.06. The summed E-state index contributed by atoms with van der Waals surface area (Å²) in [5.41, 5.74) is 4.80. The van der Waals surface area contributed by atoms with E-state index in [0.29, 0.717) is 18.7 Å². The lowest BCUT2D eigenvalue weighted by Gasteiger charge is -2.08. The number of carbonyl (C=O) groups is 2. The first-order chi connectivity index (χ1) is 10.8. The predicted octanol–water partition coefficient (Wildman–Crippen LogP) is 2.86. The molecule has 1 aromatic heterocycles. The van der Waals surface area contributed by atoms with Crippen LogP contribution in [0.5, 0.6) is 0 Å². The van der Waals surface area contributed by atoms with Crippen LogP contribution < -0.4 is 5.32 Å². The monoisotopic (exact) mass is 290 g/mol. The molecule has 0 spiro atoms. The summed E-state index contributed by atoms with van der Waals surface area (Å²) in [6, 6.07) is 13.7. The average Bonchev–Trinajstić information content (AvgIpc) is 2.91. The minimum Gasteiger partial charge on any atom is -0.304 e. The molecule has 108 valence electrons. The van der Waals surface area contributed by atoms with Crippen molar-refractivity contribution in [3.8, 4) is 11.1 Å². The molecule has 2 aromatic carbocycles. The van der Waals surface area contributed by atoms with Crippen LogP contribution in [-0.2, 0) is 6.54 Å². The topological polar surface area (TPSA) is 51.1 Å². The zero-order valence-electron chi connectivity index (χ0n) is 11.9. The molecule has 1 aliphatic rings. The highest BCUT2D eigenvalue weighted by Gasteiger charge is 2.17. The van der Waals surface area contributed by atoms with Gasteiger partial charge in [0.15, 0.2) is 0 Å². The molecule has 0 atom stereocenters. The number of nitrogens with zero attached hydrogens (tertiary/aromatic N) is 1. The van der Waals surface area contributed by atoms with Crippen LogP contribution in [-0.4, -0.2) is 23.3 Å². The van der Waals surface area contributed by atoms with Gasteiger partial charge >= 0.3 is 0 Å². The van der Waals surface area contributed by atoms with Gasteiger partial charge < -0.3 is 5.32 Å². The number of carbonyl (C=O) groups excluding carboxylic acids is 2. The number of rotatable bonds is 2. The standard InChI is InChI=1S/C18H14N2O2/c21-11-12-2-1-3-13(6-12)15-7-14-4-5-20-17(22)10-19-9-16(8-15)18(14)20/h1-8,11,19H,9-10H2. The van der Waals surface area contributed by atoms with Crippen LogP contribution in [0.2, 0.25) is 0 Å². The first-order valence-corrected chi connectivity index (χ1v) is 7.20.